The molecule has 140 valence electrons. The number of Topliss-reactive ketones (excluding diaryl/α,β-unsaturated/α-hetero) is 1. The summed E-state index contributed by atoms with van der Waals surface area (Å²) >= 11 is 0. The van der Waals surface area contributed by atoms with Gasteiger partial charge in [-0.3, -0.25) is 4.79 Å². The topological polar surface area (TPSA) is 57.5 Å². The molecule has 0 fully saturated rings. The minimum absolute atomic E-state index is 0.00443. The molecule has 0 saturated heterocycles. The summed E-state index contributed by atoms with van der Waals surface area (Å²) in [6.45, 7) is 14.1. The highest BCUT2D eigenvalue weighted by Crippen LogP contribution is 2.41. The van der Waals surface area contributed by atoms with Gasteiger partial charge in [0, 0.05) is 5.92 Å². The Morgan fingerprint density at radius 3 is 1.77 bits per heavy atom. The minimum Gasteiger partial charge on any atom is -0.507 e. The molecule has 0 heterocycles. The number of carbonyl (C=O) groups excluding carboxylic acids is 1. The summed E-state index contributed by atoms with van der Waals surface area (Å²) in [5.74, 6) is -0.259. The first-order valence-electron chi connectivity index (χ1n) is 9.04. The number of hydrogen-bond acceptors (Lipinski definition) is 3. The number of benzene rings is 2. The Balaban J connectivity index is 2.62. The van der Waals surface area contributed by atoms with Crippen LogP contribution in [0.4, 0.5) is 0 Å². The van der Waals surface area contributed by atoms with Crippen LogP contribution in [0.1, 0.15) is 81.4 Å². The highest BCUT2D eigenvalue weighted by Gasteiger charge is 2.29. The van der Waals surface area contributed by atoms with E-state index in [2.05, 4.69) is 0 Å². The molecule has 0 saturated carbocycles. The van der Waals surface area contributed by atoms with Gasteiger partial charge >= 0.3 is 0 Å². The van der Waals surface area contributed by atoms with Gasteiger partial charge in [0.2, 0.25) is 0 Å². The summed E-state index contributed by atoms with van der Waals surface area (Å²) in [4.78, 5) is 13.0. The average Bonchev–Trinajstić information content (AvgIpc) is 2.52. The predicted molar refractivity (Wildman–Crippen MR) is 106 cm³/mol. The molecule has 0 aliphatic rings. The van der Waals surface area contributed by atoms with Crippen molar-refractivity contribution in [2.75, 3.05) is 0 Å². The Morgan fingerprint density at radius 2 is 1.35 bits per heavy atom. The van der Waals surface area contributed by atoms with E-state index >= 15 is 0 Å². The van der Waals surface area contributed by atoms with Crippen LogP contribution in [0.15, 0.2) is 36.4 Å². The molecule has 3 nitrogen and oxygen atoms in total. The molecule has 2 aromatic rings. The lowest BCUT2D eigenvalue weighted by molar-refractivity contribution is 0.0963. The number of para-hydroxylation sites is 1. The molecular weight excluding hydrogens is 324 g/mol. The molecular formula is C23H30O3. The van der Waals surface area contributed by atoms with Gasteiger partial charge in [0.15, 0.2) is 5.78 Å². The minimum atomic E-state index is -0.425. The molecule has 2 aromatic carbocycles. The summed E-state index contributed by atoms with van der Waals surface area (Å²) in [5.41, 5.74) is 2.33. The summed E-state index contributed by atoms with van der Waals surface area (Å²) in [6, 6.07) is 10.5. The van der Waals surface area contributed by atoms with Crippen LogP contribution >= 0.6 is 0 Å². The normalized spacial score (nSPS) is 13.5. The number of hydrogen-bond donors (Lipinski definition) is 2. The van der Waals surface area contributed by atoms with Crippen molar-refractivity contribution < 1.29 is 15.0 Å². The van der Waals surface area contributed by atoms with Crippen LogP contribution in [0.3, 0.4) is 0 Å². The molecule has 0 aliphatic heterocycles. The second-order valence-corrected chi connectivity index (χ2v) is 9.07. The van der Waals surface area contributed by atoms with Gasteiger partial charge in [-0.15, -0.1) is 0 Å². The van der Waals surface area contributed by atoms with Crippen molar-refractivity contribution in [1.29, 1.82) is 0 Å². The first-order valence-corrected chi connectivity index (χ1v) is 9.04. The van der Waals surface area contributed by atoms with Gasteiger partial charge in [-0.1, -0.05) is 72.7 Å². The maximum atomic E-state index is 13.0. The molecule has 0 radical (unpaired) electrons. The molecule has 0 bridgehead atoms. The third-order valence-corrected chi connectivity index (χ3v) is 4.81. The Morgan fingerprint density at radius 1 is 0.885 bits per heavy atom. The first-order chi connectivity index (χ1) is 11.8. The van der Waals surface area contributed by atoms with Gasteiger partial charge in [0.1, 0.15) is 11.5 Å². The molecule has 3 heteroatoms. The Hall–Kier alpha value is -2.29. The van der Waals surface area contributed by atoms with Crippen molar-refractivity contribution in [2.45, 2.75) is 65.2 Å². The molecule has 0 spiro atoms. The van der Waals surface area contributed by atoms with E-state index in [4.69, 9.17) is 0 Å². The molecule has 2 N–H and O–H groups in total. The Labute approximate surface area is 156 Å². The smallest absolute Gasteiger partial charge is 0.173 e. The SMILES string of the molecule is CC(C(=O)c1ccccc1O)c1cc(C(C)(C)C)c(O)c(C(C)(C)C)c1. The van der Waals surface area contributed by atoms with Gasteiger partial charge in [-0.2, -0.15) is 0 Å². The first kappa shape index (κ1) is 20.0. The van der Waals surface area contributed by atoms with E-state index in [0.29, 0.717) is 11.3 Å². The van der Waals surface area contributed by atoms with Crippen LogP contribution in [-0.4, -0.2) is 16.0 Å². The van der Waals surface area contributed by atoms with Crippen molar-refractivity contribution in [1.82, 2.24) is 0 Å². The van der Waals surface area contributed by atoms with Crippen LogP contribution in [0.2, 0.25) is 0 Å². The van der Waals surface area contributed by atoms with E-state index < -0.39 is 5.92 Å². The number of phenolic OH excluding ortho intramolecular Hbond substituents is 2. The van der Waals surface area contributed by atoms with Crippen molar-refractivity contribution in [3.05, 3.63) is 58.7 Å². The molecule has 0 aliphatic carbocycles. The van der Waals surface area contributed by atoms with Gasteiger partial charge in [-0.25, -0.2) is 0 Å². The fourth-order valence-electron chi connectivity index (χ4n) is 3.12. The number of aromatic hydroxyl groups is 2. The van der Waals surface area contributed by atoms with E-state index in [9.17, 15) is 15.0 Å². The van der Waals surface area contributed by atoms with E-state index in [0.717, 1.165) is 16.7 Å². The lowest BCUT2D eigenvalue weighted by Crippen LogP contribution is -2.19. The zero-order chi connectivity index (χ0) is 19.9. The van der Waals surface area contributed by atoms with Crippen molar-refractivity contribution in [3.63, 3.8) is 0 Å². The molecule has 0 amide bonds. The number of carbonyl (C=O) groups is 1. The van der Waals surface area contributed by atoms with E-state index in [1.54, 1.807) is 18.2 Å². The van der Waals surface area contributed by atoms with E-state index in [-0.39, 0.29) is 22.4 Å². The third kappa shape index (κ3) is 3.92. The van der Waals surface area contributed by atoms with Gasteiger partial charge in [0.05, 0.1) is 5.56 Å². The standard InChI is InChI=1S/C23H30O3/c1-14(20(25)16-10-8-9-11-19(16)24)15-12-17(22(2,3)4)21(26)18(13-15)23(5,6)7/h8-14,24,26H,1-7H3. The molecule has 0 aromatic heterocycles. The largest absolute Gasteiger partial charge is 0.507 e. The number of phenols is 2. The molecule has 1 unspecified atom stereocenters. The van der Waals surface area contributed by atoms with Gasteiger partial charge < -0.3 is 10.2 Å². The van der Waals surface area contributed by atoms with Crippen LogP contribution in [0, 0.1) is 0 Å². The van der Waals surface area contributed by atoms with Crippen LogP contribution in [-0.2, 0) is 10.8 Å². The van der Waals surface area contributed by atoms with Crippen molar-refractivity contribution in [2.24, 2.45) is 0 Å². The zero-order valence-corrected chi connectivity index (χ0v) is 16.8. The summed E-state index contributed by atoms with van der Waals surface area (Å²) < 4.78 is 0. The Kier molecular flexibility index (Phi) is 5.23. The van der Waals surface area contributed by atoms with Crippen molar-refractivity contribution in [3.8, 4) is 11.5 Å². The fraction of sp³-hybridized carbons (Fsp3) is 0.435. The monoisotopic (exact) mass is 354 g/mol. The lowest BCUT2D eigenvalue weighted by atomic mass is 9.76. The fourth-order valence-corrected chi connectivity index (χ4v) is 3.12. The van der Waals surface area contributed by atoms with E-state index in [1.807, 2.05) is 60.6 Å². The molecule has 2 rings (SSSR count). The second kappa shape index (κ2) is 6.79. The molecule has 1 atom stereocenters. The maximum absolute atomic E-state index is 13.0. The maximum Gasteiger partial charge on any atom is 0.173 e. The van der Waals surface area contributed by atoms with Crippen molar-refractivity contribution >= 4 is 5.78 Å². The lowest BCUT2D eigenvalue weighted by Gasteiger charge is -2.29. The van der Waals surface area contributed by atoms with Crippen LogP contribution < -0.4 is 0 Å². The third-order valence-electron chi connectivity index (χ3n) is 4.81. The summed E-state index contributed by atoms with van der Waals surface area (Å²) in [6.07, 6.45) is 0. The molecule has 26 heavy (non-hydrogen) atoms. The summed E-state index contributed by atoms with van der Waals surface area (Å²) in [7, 11) is 0. The average molecular weight is 354 g/mol. The Bertz CT molecular complexity index is 785. The predicted octanol–water partition coefficient (Wildman–Crippen LogP) is 5.68. The zero-order valence-electron chi connectivity index (χ0n) is 16.8. The number of rotatable bonds is 3. The van der Waals surface area contributed by atoms with Gasteiger partial charge in [-0.05, 0) is 39.7 Å². The quantitative estimate of drug-likeness (QED) is 0.697. The highest BCUT2D eigenvalue weighted by atomic mass is 16.3. The number of ketones is 1. The summed E-state index contributed by atoms with van der Waals surface area (Å²) in [5, 5.41) is 20.9. The van der Waals surface area contributed by atoms with Crippen LogP contribution in [0.25, 0.3) is 0 Å². The van der Waals surface area contributed by atoms with Crippen LogP contribution in [0.5, 0.6) is 11.5 Å². The highest BCUT2D eigenvalue weighted by molar-refractivity contribution is 6.02. The van der Waals surface area contributed by atoms with E-state index in [1.165, 1.54) is 6.07 Å². The van der Waals surface area contributed by atoms with Gasteiger partial charge in [0.25, 0.3) is 0 Å². The second-order valence-electron chi connectivity index (χ2n) is 9.07.